The van der Waals surface area contributed by atoms with Crippen LogP contribution in [0.4, 0.5) is 5.69 Å². The van der Waals surface area contributed by atoms with Crippen LogP contribution in [0.2, 0.25) is 5.02 Å². The maximum Gasteiger partial charge on any atom is 0.264 e. The third kappa shape index (κ3) is 5.60. The summed E-state index contributed by atoms with van der Waals surface area (Å²) in [6.07, 6.45) is -0.330. The Kier molecular flexibility index (Phi) is 7.76. The SMILES string of the molecule is COc1ccc([C@@H](CC(C)C)NC(=O)[C@H]2CN(S(=O)(=O)c3ccc(Cl)cc3)c3ccccc3O2)cc1. The average molecular weight is 529 g/mol. The zero-order chi connectivity index (χ0) is 25.9. The van der Waals surface area contributed by atoms with E-state index < -0.39 is 16.1 Å². The smallest absolute Gasteiger partial charge is 0.264 e. The van der Waals surface area contributed by atoms with Gasteiger partial charge in [-0.1, -0.05) is 49.7 Å². The number of nitrogens with zero attached hydrogens (tertiary/aromatic N) is 1. The standard InChI is InChI=1S/C27H29ClN2O5S/c1-18(2)16-23(19-8-12-21(34-3)13-9-19)29-27(31)26-17-30(24-6-4-5-7-25(24)35-26)36(32,33)22-14-10-20(28)11-15-22/h4-15,18,23,26H,16-17H2,1-3H3,(H,29,31)/t23-,26-/m1/s1. The van der Waals surface area contributed by atoms with Crippen LogP contribution in [0.15, 0.2) is 77.7 Å². The van der Waals surface area contributed by atoms with Crippen LogP contribution in [0.1, 0.15) is 31.9 Å². The van der Waals surface area contributed by atoms with Crippen molar-refractivity contribution in [3.8, 4) is 11.5 Å². The molecule has 3 aromatic carbocycles. The number of carbonyl (C=O) groups excluding carboxylic acids is 1. The average Bonchev–Trinajstić information content (AvgIpc) is 2.87. The molecule has 7 nitrogen and oxygen atoms in total. The minimum Gasteiger partial charge on any atom is -0.497 e. The summed E-state index contributed by atoms with van der Waals surface area (Å²) in [4.78, 5) is 13.5. The summed E-state index contributed by atoms with van der Waals surface area (Å²) in [7, 11) is -2.36. The van der Waals surface area contributed by atoms with Crippen molar-refractivity contribution in [2.45, 2.75) is 37.3 Å². The number of fused-ring (bicyclic) bond motifs is 1. The molecule has 0 unspecified atom stereocenters. The lowest BCUT2D eigenvalue weighted by Crippen LogP contribution is -2.51. The van der Waals surface area contributed by atoms with Crippen LogP contribution >= 0.6 is 11.6 Å². The molecule has 0 aromatic heterocycles. The van der Waals surface area contributed by atoms with E-state index in [-0.39, 0.29) is 23.4 Å². The van der Waals surface area contributed by atoms with Gasteiger partial charge >= 0.3 is 0 Å². The lowest BCUT2D eigenvalue weighted by molar-refractivity contribution is -0.128. The van der Waals surface area contributed by atoms with Gasteiger partial charge in [-0.2, -0.15) is 0 Å². The van der Waals surface area contributed by atoms with Gasteiger partial charge in [0.25, 0.3) is 15.9 Å². The molecule has 1 aliphatic heterocycles. The molecule has 2 atom stereocenters. The zero-order valence-electron chi connectivity index (χ0n) is 20.3. The highest BCUT2D eigenvalue weighted by Gasteiger charge is 2.38. The van der Waals surface area contributed by atoms with Crippen LogP contribution in [0.3, 0.4) is 0 Å². The first-order valence-corrected chi connectivity index (χ1v) is 13.5. The number of amides is 1. The van der Waals surface area contributed by atoms with Crippen molar-refractivity contribution in [1.82, 2.24) is 5.32 Å². The molecular formula is C27H29ClN2O5S. The number of hydrogen-bond donors (Lipinski definition) is 1. The number of methoxy groups -OCH3 is 1. The number of rotatable bonds is 8. The number of benzene rings is 3. The normalized spacial score (nSPS) is 16.1. The van der Waals surface area contributed by atoms with E-state index >= 15 is 0 Å². The van der Waals surface area contributed by atoms with E-state index in [0.717, 1.165) is 11.3 Å². The summed E-state index contributed by atoms with van der Waals surface area (Å²) in [5.41, 5.74) is 1.31. The molecular weight excluding hydrogens is 500 g/mol. The highest BCUT2D eigenvalue weighted by Crippen LogP contribution is 2.37. The topological polar surface area (TPSA) is 84.9 Å². The Labute approximate surface area is 217 Å². The third-order valence-electron chi connectivity index (χ3n) is 5.97. The van der Waals surface area contributed by atoms with Crippen molar-refractivity contribution < 1.29 is 22.7 Å². The van der Waals surface area contributed by atoms with Crippen molar-refractivity contribution in [3.05, 3.63) is 83.4 Å². The van der Waals surface area contributed by atoms with Crippen molar-refractivity contribution >= 4 is 33.2 Å². The minimum absolute atomic E-state index is 0.0821. The van der Waals surface area contributed by atoms with Crippen LogP contribution in [0, 0.1) is 5.92 Å². The van der Waals surface area contributed by atoms with E-state index in [1.165, 1.54) is 28.6 Å². The number of ether oxygens (including phenoxy) is 2. The first kappa shape index (κ1) is 25.9. The van der Waals surface area contributed by atoms with E-state index in [0.29, 0.717) is 28.8 Å². The molecule has 0 saturated heterocycles. The molecule has 1 heterocycles. The van der Waals surface area contributed by atoms with Crippen molar-refractivity contribution in [2.24, 2.45) is 5.92 Å². The molecule has 3 aromatic rings. The van der Waals surface area contributed by atoms with Gasteiger partial charge in [0, 0.05) is 5.02 Å². The van der Waals surface area contributed by atoms with Crippen molar-refractivity contribution in [1.29, 1.82) is 0 Å². The fraction of sp³-hybridized carbons (Fsp3) is 0.296. The Balaban J connectivity index is 1.62. The van der Waals surface area contributed by atoms with E-state index in [4.69, 9.17) is 21.1 Å². The first-order chi connectivity index (χ1) is 17.2. The number of para-hydroxylation sites is 2. The largest absolute Gasteiger partial charge is 0.497 e. The lowest BCUT2D eigenvalue weighted by Gasteiger charge is -2.35. The van der Waals surface area contributed by atoms with Crippen LogP contribution in [0.25, 0.3) is 0 Å². The molecule has 0 radical (unpaired) electrons. The van der Waals surface area contributed by atoms with Gasteiger partial charge in [0.2, 0.25) is 0 Å². The Morgan fingerprint density at radius 3 is 2.39 bits per heavy atom. The number of sulfonamides is 1. The summed E-state index contributed by atoms with van der Waals surface area (Å²) in [5.74, 6) is 0.976. The van der Waals surface area contributed by atoms with Crippen LogP contribution in [-0.4, -0.2) is 34.1 Å². The quantitative estimate of drug-likeness (QED) is 0.434. The van der Waals surface area contributed by atoms with Crippen molar-refractivity contribution in [3.63, 3.8) is 0 Å². The second-order valence-corrected chi connectivity index (χ2v) is 11.3. The molecule has 0 bridgehead atoms. The maximum absolute atomic E-state index is 13.6. The molecule has 190 valence electrons. The number of hydrogen-bond acceptors (Lipinski definition) is 5. The predicted molar refractivity (Wildman–Crippen MR) is 140 cm³/mol. The maximum atomic E-state index is 13.6. The van der Waals surface area contributed by atoms with Crippen LogP contribution in [-0.2, 0) is 14.8 Å². The Bertz CT molecular complexity index is 1310. The van der Waals surface area contributed by atoms with Gasteiger partial charge in [-0.05, 0) is 66.4 Å². The monoisotopic (exact) mass is 528 g/mol. The van der Waals surface area contributed by atoms with Gasteiger partial charge in [0.15, 0.2) is 6.10 Å². The van der Waals surface area contributed by atoms with Crippen LogP contribution in [0.5, 0.6) is 11.5 Å². The molecule has 4 rings (SSSR count). The lowest BCUT2D eigenvalue weighted by atomic mass is 9.96. The molecule has 0 fully saturated rings. The molecule has 1 aliphatic rings. The van der Waals surface area contributed by atoms with Gasteiger partial charge in [-0.25, -0.2) is 8.42 Å². The molecule has 1 N–H and O–H groups in total. The fourth-order valence-electron chi connectivity index (χ4n) is 4.15. The van der Waals surface area contributed by atoms with Gasteiger partial charge in [-0.15, -0.1) is 0 Å². The first-order valence-electron chi connectivity index (χ1n) is 11.7. The fourth-order valence-corrected chi connectivity index (χ4v) is 5.75. The van der Waals surface area contributed by atoms with E-state index in [2.05, 4.69) is 19.2 Å². The summed E-state index contributed by atoms with van der Waals surface area (Å²) in [6.45, 7) is 4.00. The highest BCUT2D eigenvalue weighted by molar-refractivity contribution is 7.92. The summed E-state index contributed by atoms with van der Waals surface area (Å²) >= 11 is 5.96. The molecule has 0 saturated carbocycles. The summed E-state index contributed by atoms with van der Waals surface area (Å²) in [6, 6.07) is 20.0. The molecule has 0 aliphatic carbocycles. The van der Waals surface area contributed by atoms with Gasteiger partial charge in [-0.3, -0.25) is 9.10 Å². The Morgan fingerprint density at radius 1 is 1.08 bits per heavy atom. The van der Waals surface area contributed by atoms with Gasteiger partial charge < -0.3 is 14.8 Å². The highest BCUT2D eigenvalue weighted by atomic mass is 35.5. The third-order valence-corrected chi connectivity index (χ3v) is 8.02. The molecule has 1 amide bonds. The van der Waals surface area contributed by atoms with Gasteiger partial charge in [0.05, 0.1) is 30.3 Å². The van der Waals surface area contributed by atoms with Crippen molar-refractivity contribution in [2.75, 3.05) is 18.0 Å². The van der Waals surface area contributed by atoms with E-state index in [9.17, 15) is 13.2 Å². The van der Waals surface area contributed by atoms with Crippen LogP contribution < -0.4 is 19.1 Å². The number of halogens is 1. The number of anilines is 1. The molecule has 36 heavy (non-hydrogen) atoms. The summed E-state index contributed by atoms with van der Waals surface area (Å²) in [5, 5.41) is 3.51. The zero-order valence-corrected chi connectivity index (χ0v) is 21.9. The summed E-state index contributed by atoms with van der Waals surface area (Å²) < 4.78 is 39.6. The van der Waals surface area contributed by atoms with E-state index in [1.807, 2.05) is 24.3 Å². The Hall–Kier alpha value is -3.23. The number of carbonyl (C=O) groups is 1. The van der Waals surface area contributed by atoms with Gasteiger partial charge in [0.1, 0.15) is 11.5 Å². The number of nitrogens with one attached hydrogen (secondary N) is 1. The second-order valence-electron chi connectivity index (χ2n) is 9.03. The molecule has 0 spiro atoms. The minimum atomic E-state index is -3.97. The molecule has 9 heteroatoms. The second kappa shape index (κ2) is 10.8. The van der Waals surface area contributed by atoms with E-state index in [1.54, 1.807) is 31.4 Å². The predicted octanol–water partition coefficient (Wildman–Crippen LogP) is 5.21. The Morgan fingerprint density at radius 2 is 1.75 bits per heavy atom.